The van der Waals surface area contributed by atoms with Crippen molar-refractivity contribution in [3.8, 4) is 5.75 Å². The van der Waals surface area contributed by atoms with Gasteiger partial charge in [0, 0.05) is 28.8 Å². The lowest BCUT2D eigenvalue weighted by Gasteiger charge is -2.05. The first kappa shape index (κ1) is 14.1. The second-order valence-electron chi connectivity index (χ2n) is 4.58. The van der Waals surface area contributed by atoms with Gasteiger partial charge in [-0.15, -0.1) is 0 Å². The summed E-state index contributed by atoms with van der Waals surface area (Å²) in [6.45, 7) is 5.44. The number of nitrogens with zero attached hydrogens (tertiary/aromatic N) is 1. The zero-order chi connectivity index (χ0) is 13.7. The van der Waals surface area contributed by atoms with Gasteiger partial charge in [0.25, 0.3) is 0 Å². The number of nitrogens with one attached hydrogen (secondary N) is 1. The smallest absolute Gasteiger partial charge is 0.146 e. The lowest BCUT2D eigenvalue weighted by atomic mass is 10.3. The van der Waals surface area contributed by atoms with Crippen LogP contribution in [0.15, 0.2) is 39.7 Å². The lowest BCUT2D eigenvalue weighted by Crippen LogP contribution is -2.21. The van der Waals surface area contributed by atoms with Crippen molar-refractivity contribution in [2.45, 2.75) is 33.0 Å². The molecular weight excluding hydrogens is 308 g/mol. The van der Waals surface area contributed by atoms with E-state index in [0.717, 1.165) is 22.3 Å². The first-order chi connectivity index (χ1) is 9.13. The fourth-order valence-corrected chi connectivity index (χ4v) is 1.89. The van der Waals surface area contributed by atoms with E-state index in [9.17, 15) is 0 Å². The number of aromatic nitrogens is 1. The molecule has 0 amide bonds. The molecule has 1 N–H and O–H groups in total. The van der Waals surface area contributed by atoms with Crippen LogP contribution in [0, 0.1) is 0 Å². The van der Waals surface area contributed by atoms with Gasteiger partial charge in [0.1, 0.15) is 18.1 Å². The number of hydrogen-bond donors (Lipinski definition) is 1. The van der Waals surface area contributed by atoms with E-state index in [1.54, 1.807) is 18.7 Å². The number of pyridine rings is 1. The summed E-state index contributed by atoms with van der Waals surface area (Å²) in [4.78, 5) is 4.04. The highest BCUT2D eigenvalue weighted by Crippen LogP contribution is 2.18. The molecule has 4 nitrogen and oxygen atoms in total. The van der Waals surface area contributed by atoms with Gasteiger partial charge in [-0.3, -0.25) is 4.98 Å². The quantitative estimate of drug-likeness (QED) is 0.883. The molecule has 0 aliphatic carbocycles. The Bertz CT molecular complexity index is 526. The number of hydrogen-bond acceptors (Lipinski definition) is 4. The maximum absolute atomic E-state index is 5.61. The third-order valence-electron chi connectivity index (χ3n) is 2.48. The van der Waals surface area contributed by atoms with Gasteiger partial charge in [-0.25, -0.2) is 0 Å². The Labute approximate surface area is 121 Å². The van der Waals surface area contributed by atoms with Crippen LogP contribution in [-0.4, -0.2) is 11.0 Å². The predicted molar refractivity (Wildman–Crippen MR) is 77.0 cm³/mol. The van der Waals surface area contributed by atoms with Crippen LogP contribution in [0.2, 0.25) is 0 Å². The predicted octanol–water partition coefficient (Wildman–Crippen LogP) is 3.51. The fourth-order valence-electron chi connectivity index (χ4n) is 1.54. The first-order valence-corrected chi connectivity index (χ1v) is 6.96. The highest BCUT2D eigenvalue weighted by atomic mass is 79.9. The second-order valence-corrected chi connectivity index (χ2v) is 5.50. The lowest BCUT2D eigenvalue weighted by molar-refractivity contribution is 0.269. The van der Waals surface area contributed by atoms with Crippen LogP contribution < -0.4 is 10.1 Å². The average molecular weight is 325 g/mol. The monoisotopic (exact) mass is 324 g/mol. The number of ether oxygens (including phenoxy) is 1. The summed E-state index contributed by atoms with van der Waals surface area (Å²) >= 11 is 3.35. The molecule has 0 fully saturated rings. The summed E-state index contributed by atoms with van der Waals surface area (Å²) in [5, 5.41) is 3.34. The van der Waals surface area contributed by atoms with Gasteiger partial charge in [0.2, 0.25) is 0 Å². The van der Waals surface area contributed by atoms with Crippen LogP contribution in [0.5, 0.6) is 5.75 Å². The Hall–Kier alpha value is -1.33. The molecule has 0 saturated heterocycles. The molecule has 0 unspecified atom stereocenters. The van der Waals surface area contributed by atoms with Crippen LogP contribution in [0.1, 0.15) is 25.2 Å². The molecule has 0 aliphatic heterocycles. The van der Waals surface area contributed by atoms with Gasteiger partial charge in [0.15, 0.2) is 0 Å². The molecule has 5 heteroatoms. The van der Waals surface area contributed by atoms with Crippen LogP contribution in [-0.2, 0) is 13.2 Å². The summed E-state index contributed by atoms with van der Waals surface area (Å²) in [6, 6.07) is 4.33. The maximum atomic E-state index is 5.61. The molecule has 102 valence electrons. The van der Waals surface area contributed by atoms with Crippen molar-refractivity contribution < 1.29 is 9.15 Å². The van der Waals surface area contributed by atoms with Crippen molar-refractivity contribution in [2.24, 2.45) is 0 Å². The highest BCUT2D eigenvalue weighted by Gasteiger charge is 2.04. The molecule has 0 aliphatic rings. The summed E-state index contributed by atoms with van der Waals surface area (Å²) in [7, 11) is 0. The summed E-state index contributed by atoms with van der Waals surface area (Å²) in [6.07, 6.45) is 5.15. The molecule has 0 aromatic carbocycles. The molecule has 2 rings (SSSR count). The van der Waals surface area contributed by atoms with E-state index in [2.05, 4.69) is 40.1 Å². The van der Waals surface area contributed by atoms with Gasteiger partial charge in [-0.05, 0) is 28.1 Å². The van der Waals surface area contributed by atoms with E-state index in [-0.39, 0.29) is 0 Å². The van der Waals surface area contributed by atoms with Crippen molar-refractivity contribution in [2.75, 3.05) is 0 Å². The summed E-state index contributed by atoms with van der Waals surface area (Å²) < 4.78 is 12.0. The Balaban J connectivity index is 1.86. The van der Waals surface area contributed by atoms with Gasteiger partial charge >= 0.3 is 0 Å². The second kappa shape index (κ2) is 6.73. The third kappa shape index (κ3) is 4.69. The molecule has 0 spiro atoms. The van der Waals surface area contributed by atoms with Crippen molar-refractivity contribution in [3.05, 3.63) is 46.6 Å². The SMILES string of the molecule is CC(C)NCc1coc(COc2cncc(Br)c2)c1. The van der Waals surface area contributed by atoms with Gasteiger partial charge < -0.3 is 14.5 Å². The Morgan fingerprint density at radius 2 is 2.21 bits per heavy atom. The minimum Gasteiger partial charge on any atom is -0.484 e. The van der Waals surface area contributed by atoms with Crippen molar-refractivity contribution in [1.29, 1.82) is 0 Å². The molecule has 19 heavy (non-hydrogen) atoms. The van der Waals surface area contributed by atoms with E-state index in [0.29, 0.717) is 18.4 Å². The highest BCUT2D eigenvalue weighted by molar-refractivity contribution is 9.10. The normalized spacial score (nSPS) is 10.9. The topological polar surface area (TPSA) is 47.3 Å². The van der Waals surface area contributed by atoms with E-state index in [1.807, 2.05) is 12.1 Å². The largest absolute Gasteiger partial charge is 0.484 e. The molecule has 2 heterocycles. The molecule has 0 bridgehead atoms. The average Bonchev–Trinajstić information content (AvgIpc) is 2.82. The minimum atomic E-state index is 0.403. The van der Waals surface area contributed by atoms with Crippen LogP contribution in [0.4, 0.5) is 0 Å². The Morgan fingerprint density at radius 3 is 2.95 bits per heavy atom. The Morgan fingerprint density at radius 1 is 1.37 bits per heavy atom. The molecule has 2 aromatic rings. The Kier molecular flexibility index (Phi) is 4.99. The molecule has 0 radical (unpaired) electrons. The third-order valence-corrected chi connectivity index (χ3v) is 2.92. The standard InChI is InChI=1S/C14H17BrN2O2/c1-10(2)17-5-11-3-14(18-8-11)9-19-13-4-12(15)6-16-7-13/h3-4,6-8,10,17H,5,9H2,1-2H3. The maximum Gasteiger partial charge on any atom is 0.146 e. The molecule has 2 aromatic heterocycles. The van der Waals surface area contributed by atoms with E-state index >= 15 is 0 Å². The zero-order valence-electron chi connectivity index (χ0n) is 11.0. The van der Waals surface area contributed by atoms with E-state index in [4.69, 9.17) is 9.15 Å². The van der Waals surface area contributed by atoms with Crippen molar-refractivity contribution in [1.82, 2.24) is 10.3 Å². The fraction of sp³-hybridized carbons (Fsp3) is 0.357. The summed E-state index contributed by atoms with van der Waals surface area (Å²) in [5.41, 5.74) is 1.12. The molecular formula is C14H17BrN2O2. The first-order valence-electron chi connectivity index (χ1n) is 6.16. The number of rotatable bonds is 6. The van der Waals surface area contributed by atoms with Crippen LogP contribution in [0.25, 0.3) is 0 Å². The van der Waals surface area contributed by atoms with Gasteiger partial charge in [0.05, 0.1) is 12.5 Å². The number of halogens is 1. The minimum absolute atomic E-state index is 0.403. The zero-order valence-corrected chi connectivity index (χ0v) is 12.6. The van der Waals surface area contributed by atoms with Crippen molar-refractivity contribution in [3.63, 3.8) is 0 Å². The van der Waals surface area contributed by atoms with E-state index in [1.165, 1.54) is 0 Å². The van der Waals surface area contributed by atoms with Gasteiger partial charge in [-0.2, -0.15) is 0 Å². The molecule has 0 saturated carbocycles. The van der Waals surface area contributed by atoms with Crippen LogP contribution in [0.3, 0.4) is 0 Å². The number of furan rings is 1. The summed E-state index contributed by atoms with van der Waals surface area (Å²) in [5.74, 6) is 1.52. The van der Waals surface area contributed by atoms with Crippen LogP contribution >= 0.6 is 15.9 Å². The molecule has 0 atom stereocenters. The van der Waals surface area contributed by atoms with Gasteiger partial charge in [-0.1, -0.05) is 13.8 Å². The van der Waals surface area contributed by atoms with E-state index < -0.39 is 0 Å². The van der Waals surface area contributed by atoms with Crippen molar-refractivity contribution >= 4 is 15.9 Å².